The largest absolute Gasteiger partial charge is 0.326 e. The minimum absolute atomic E-state index is 0. The minimum Gasteiger partial charge on any atom is -0.326 e. The van der Waals surface area contributed by atoms with Crippen molar-refractivity contribution >= 4 is 38.4 Å². The SMILES string of the molecule is Cc1ccc(Br)c(S(=O)(=O)N2CCCCC2C(C)N)c1.Cl. The van der Waals surface area contributed by atoms with Crippen molar-refractivity contribution in [1.82, 2.24) is 4.31 Å². The first-order chi connectivity index (χ1) is 9.34. The van der Waals surface area contributed by atoms with Gasteiger partial charge < -0.3 is 5.73 Å². The molecule has 7 heteroatoms. The summed E-state index contributed by atoms with van der Waals surface area (Å²) in [6, 6.07) is 5.12. The number of sulfonamides is 1. The summed E-state index contributed by atoms with van der Waals surface area (Å²) in [6.07, 6.45) is 2.76. The molecule has 0 radical (unpaired) electrons. The van der Waals surface area contributed by atoms with E-state index in [1.54, 1.807) is 16.4 Å². The average Bonchev–Trinajstić information content (AvgIpc) is 2.41. The lowest BCUT2D eigenvalue weighted by molar-refractivity contribution is 0.227. The zero-order valence-electron chi connectivity index (χ0n) is 12.3. The Hall–Kier alpha value is -0.140. The average molecular weight is 398 g/mol. The fourth-order valence-corrected chi connectivity index (χ4v) is 5.47. The molecule has 1 aliphatic heterocycles. The van der Waals surface area contributed by atoms with Crippen LogP contribution in [0.4, 0.5) is 0 Å². The second-order valence-electron chi connectivity index (χ2n) is 5.47. The van der Waals surface area contributed by atoms with E-state index in [9.17, 15) is 8.42 Å². The Kier molecular flexibility index (Phi) is 6.68. The van der Waals surface area contributed by atoms with Crippen molar-refractivity contribution in [2.75, 3.05) is 6.54 Å². The third-order valence-corrected chi connectivity index (χ3v) is 6.70. The van der Waals surface area contributed by atoms with E-state index in [2.05, 4.69) is 15.9 Å². The Labute approximate surface area is 141 Å². The van der Waals surface area contributed by atoms with E-state index in [-0.39, 0.29) is 24.5 Å². The van der Waals surface area contributed by atoms with Gasteiger partial charge in [0.1, 0.15) is 0 Å². The predicted octanol–water partition coefficient (Wildman–Crippen LogP) is 3.07. The number of aryl methyl sites for hydroxylation is 1. The van der Waals surface area contributed by atoms with Crippen LogP contribution < -0.4 is 5.73 Å². The lowest BCUT2D eigenvalue weighted by Gasteiger charge is -2.37. The fraction of sp³-hybridized carbons (Fsp3) is 0.571. The van der Waals surface area contributed by atoms with Crippen molar-refractivity contribution in [3.8, 4) is 0 Å². The quantitative estimate of drug-likeness (QED) is 0.852. The van der Waals surface area contributed by atoms with Crippen LogP contribution in [-0.2, 0) is 10.0 Å². The highest BCUT2D eigenvalue weighted by Gasteiger charge is 2.36. The molecule has 2 N–H and O–H groups in total. The van der Waals surface area contributed by atoms with Gasteiger partial charge in [0.05, 0.1) is 4.90 Å². The molecular weight excluding hydrogens is 376 g/mol. The second-order valence-corrected chi connectivity index (χ2v) is 8.19. The highest BCUT2D eigenvalue weighted by atomic mass is 79.9. The number of halogens is 2. The van der Waals surface area contributed by atoms with Gasteiger partial charge in [-0.1, -0.05) is 12.5 Å². The van der Waals surface area contributed by atoms with E-state index in [4.69, 9.17) is 5.73 Å². The molecule has 1 heterocycles. The first-order valence-electron chi connectivity index (χ1n) is 6.87. The molecule has 0 amide bonds. The highest BCUT2D eigenvalue weighted by molar-refractivity contribution is 9.10. The fourth-order valence-electron chi connectivity index (χ4n) is 2.69. The molecular formula is C14H22BrClN2O2S. The molecule has 1 aliphatic rings. The van der Waals surface area contributed by atoms with Crippen molar-refractivity contribution in [2.24, 2.45) is 5.73 Å². The molecule has 0 bridgehead atoms. The zero-order valence-corrected chi connectivity index (χ0v) is 15.5. The molecule has 0 spiro atoms. The number of hydrogen-bond donors (Lipinski definition) is 1. The van der Waals surface area contributed by atoms with Gasteiger partial charge in [-0.3, -0.25) is 0 Å². The first-order valence-corrected chi connectivity index (χ1v) is 9.11. The lowest BCUT2D eigenvalue weighted by Crippen LogP contribution is -2.51. The van der Waals surface area contributed by atoms with Gasteiger partial charge in [0, 0.05) is 23.1 Å². The van der Waals surface area contributed by atoms with Crippen molar-refractivity contribution in [3.05, 3.63) is 28.2 Å². The topological polar surface area (TPSA) is 63.4 Å². The second kappa shape index (κ2) is 7.42. The third-order valence-electron chi connectivity index (χ3n) is 3.78. The molecule has 1 saturated heterocycles. The van der Waals surface area contributed by atoms with Gasteiger partial charge in [0.2, 0.25) is 10.0 Å². The summed E-state index contributed by atoms with van der Waals surface area (Å²) < 4.78 is 28.0. The minimum atomic E-state index is -3.50. The van der Waals surface area contributed by atoms with Crippen molar-refractivity contribution in [2.45, 2.75) is 50.1 Å². The van der Waals surface area contributed by atoms with Crippen LogP contribution in [0.25, 0.3) is 0 Å². The lowest BCUT2D eigenvalue weighted by atomic mass is 10.00. The maximum Gasteiger partial charge on any atom is 0.244 e. The van der Waals surface area contributed by atoms with Crippen molar-refractivity contribution < 1.29 is 8.42 Å². The summed E-state index contributed by atoms with van der Waals surface area (Å²) in [7, 11) is -3.50. The Bertz CT molecular complexity index is 593. The van der Waals surface area contributed by atoms with E-state index in [1.807, 2.05) is 19.9 Å². The Morgan fingerprint density at radius 3 is 2.67 bits per heavy atom. The van der Waals surface area contributed by atoms with E-state index in [1.165, 1.54) is 0 Å². The number of rotatable bonds is 3. The predicted molar refractivity (Wildman–Crippen MR) is 91.3 cm³/mol. The Morgan fingerprint density at radius 1 is 1.38 bits per heavy atom. The summed E-state index contributed by atoms with van der Waals surface area (Å²) >= 11 is 3.35. The van der Waals surface area contributed by atoms with Gasteiger partial charge in [-0.2, -0.15) is 4.31 Å². The molecule has 1 aromatic carbocycles. The van der Waals surface area contributed by atoms with E-state index >= 15 is 0 Å². The van der Waals surface area contributed by atoms with Gasteiger partial charge in [-0.05, 0) is 60.3 Å². The molecule has 1 aromatic rings. The van der Waals surface area contributed by atoms with Crippen LogP contribution in [0.2, 0.25) is 0 Å². The number of hydrogen-bond acceptors (Lipinski definition) is 3. The number of benzene rings is 1. The Morgan fingerprint density at radius 2 is 2.05 bits per heavy atom. The van der Waals surface area contributed by atoms with Crippen molar-refractivity contribution in [1.29, 1.82) is 0 Å². The van der Waals surface area contributed by atoms with E-state index in [0.29, 0.717) is 15.9 Å². The molecule has 0 aliphatic carbocycles. The highest BCUT2D eigenvalue weighted by Crippen LogP contribution is 2.31. The van der Waals surface area contributed by atoms with Crippen LogP contribution >= 0.6 is 28.3 Å². The molecule has 2 rings (SSSR count). The normalized spacial score (nSPS) is 21.6. The first kappa shape index (κ1) is 18.9. The van der Waals surface area contributed by atoms with Crippen LogP contribution in [0, 0.1) is 6.92 Å². The summed E-state index contributed by atoms with van der Waals surface area (Å²) in [5, 5.41) is 0. The molecule has 1 fully saturated rings. The molecule has 0 saturated carbocycles. The smallest absolute Gasteiger partial charge is 0.244 e. The summed E-state index contributed by atoms with van der Waals surface area (Å²) in [4.78, 5) is 0.338. The maximum absolute atomic E-state index is 12.9. The van der Waals surface area contributed by atoms with Crippen LogP contribution in [0.3, 0.4) is 0 Å². The van der Waals surface area contributed by atoms with Crippen LogP contribution in [0.1, 0.15) is 31.7 Å². The summed E-state index contributed by atoms with van der Waals surface area (Å²) in [5.41, 5.74) is 6.91. The van der Waals surface area contributed by atoms with Crippen molar-refractivity contribution in [3.63, 3.8) is 0 Å². The molecule has 4 nitrogen and oxygen atoms in total. The zero-order chi connectivity index (χ0) is 14.9. The molecule has 2 atom stereocenters. The standard InChI is InChI=1S/C14H21BrN2O2S.ClH/c1-10-6-7-12(15)14(9-10)20(18,19)17-8-4-3-5-13(17)11(2)16;/h6-7,9,11,13H,3-5,8,16H2,1-2H3;1H. The third kappa shape index (κ3) is 3.99. The van der Waals surface area contributed by atoms with Crippen LogP contribution in [-0.4, -0.2) is 31.4 Å². The Balaban J connectivity index is 0.00000220. The van der Waals surface area contributed by atoms with Crippen LogP contribution in [0.15, 0.2) is 27.6 Å². The van der Waals surface area contributed by atoms with Crippen LogP contribution in [0.5, 0.6) is 0 Å². The summed E-state index contributed by atoms with van der Waals surface area (Å²) in [6.45, 7) is 4.32. The molecule has 0 aromatic heterocycles. The number of nitrogens with zero attached hydrogens (tertiary/aromatic N) is 1. The van der Waals surface area contributed by atoms with Gasteiger partial charge in [-0.25, -0.2) is 8.42 Å². The van der Waals surface area contributed by atoms with Gasteiger partial charge in [-0.15, -0.1) is 12.4 Å². The number of piperidine rings is 1. The molecule has 120 valence electrons. The molecule has 21 heavy (non-hydrogen) atoms. The molecule has 2 unspecified atom stereocenters. The monoisotopic (exact) mass is 396 g/mol. The van der Waals surface area contributed by atoms with E-state index < -0.39 is 10.0 Å². The summed E-state index contributed by atoms with van der Waals surface area (Å²) in [5.74, 6) is 0. The number of nitrogens with two attached hydrogens (primary N) is 1. The van der Waals surface area contributed by atoms with Gasteiger partial charge in [0.15, 0.2) is 0 Å². The van der Waals surface area contributed by atoms with Gasteiger partial charge in [0.25, 0.3) is 0 Å². The maximum atomic E-state index is 12.9. The van der Waals surface area contributed by atoms with Gasteiger partial charge >= 0.3 is 0 Å². The van der Waals surface area contributed by atoms with E-state index in [0.717, 1.165) is 24.8 Å².